The smallest absolute Gasteiger partial charge is 0.412 e. The van der Waals surface area contributed by atoms with E-state index in [4.69, 9.17) is 9.47 Å². The Morgan fingerprint density at radius 2 is 1.92 bits per heavy atom. The predicted octanol–water partition coefficient (Wildman–Crippen LogP) is 4.68. The second-order valence-corrected chi connectivity index (χ2v) is 7.47. The fraction of sp³-hybridized carbons (Fsp3) is 0.667. The first kappa shape index (κ1) is 19.0. The summed E-state index contributed by atoms with van der Waals surface area (Å²) < 4.78 is 11.6. The summed E-state index contributed by atoms with van der Waals surface area (Å²) in [6.45, 7) is 6.04. The molecule has 0 radical (unpaired) electrons. The zero-order chi connectivity index (χ0) is 18.2. The fourth-order valence-corrected chi connectivity index (χ4v) is 3.90. The van der Waals surface area contributed by atoms with Crippen molar-refractivity contribution in [3.63, 3.8) is 0 Å². The Morgan fingerprint density at radius 3 is 2.65 bits per heavy atom. The third-order valence-electron chi connectivity index (χ3n) is 5.48. The van der Waals surface area contributed by atoms with Crippen molar-refractivity contribution in [1.29, 1.82) is 0 Å². The molecule has 0 saturated carbocycles. The molecule has 4 rings (SSSR count). The third kappa shape index (κ3) is 5.37. The second-order valence-electron chi connectivity index (χ2n) is 7.47. The Hall–Kier alpha value is -1.75. The first-order chi connectivity index (χ1) is 12.8. The lowest BCUT2D eigenvalue weighted by molar-refractivity contribution is -0.0290. The van der Waals surface area contributed by atoms with Crippen LogP contribution in [0.1, 0.15) is 51.9 Å². The molecule has 3 aliphatic rings. The number of fused-ring (bicyclic) bond motifs is 3. The number of nitrogens with one attached hydrogen (secondary N) is 1. The Kier molecular flexibility index (Phi) is 7.18. The predicted molar refractivity (Wildman–Crippen MR) is 104 cm³/mol. The number of hydrogen-bond donors (Lipinski definition) is 1. The van der Waals surface area contributed by atoms with Crippen molar-refractivity contribution in [3.05, 3.63) is 24.3 Å². The van der Waals surface area contributed by atoms with Gasteiger partial charge in [-0.05, 0) is 50.4 Å². The van der Waals surface area contributed by atoms with Gasteiger partial charge in [0.15, 0.2) is 0 Å². The van der Waals surface area contributed by atoms with Gasteiger partial charge in [-0.15, -0.1) is 0 Å². The summed E-state index contributed by atoms with van der Waals surface area (Å²) >= 11 is 0. The van der Waals surface area contributed by atoms with Gasteiger partial charge in [0.1, 0.15) is 11.9 Å². The van der Waals surface area contributed by atoms with E-state index in [1.807, 2.05) is 24.3 Å². The summed E-state index contributed by atoms with van der Waals surface area (Å²) in [5, 5.41) is 2.87. The molecule has 2 bridgehead atoms. The van der Waals surface area contributed by atoms with Gasteiger partial charge < -0.3 is 9.47 Å². The molecule has 1 aromatic carbocycles. The molecule has 0 aromatic heterocycles. The quantitative estimate of drug-likeness (QED) is 0.650. The lowest BCUT2D eigenvalue weighted by Gasteiger charge is -2.43. The molecule has 0 aliphatic carbocycles. The third-order valence-corrected chi connectivity index (χ3v) is 5.48. The summed E-state index contributed by atoms with van der Waals surface area (Å²) in [7, 11) is 0. The highest BCUT2D eigenvalue weighted by atomic mass is 16.6. The van der Waals surface area contributed by atoms with Crippen LogP contribution in [0, 0.1) is 5.92 Å². The highest BCUT2D eigenvalue weighted by Gasteiger charge is 2.36. The van der Waals surface area contributed by atoms with E-state index < -0.39 is 0 Å². The van der Waals surface area contributed by atoms with Gasteiger partial charge in [0.25, 0.3) is 0 Å². The molecule has 5 nitrogen and oxygen atoms in total. The van der Waals surface area contributed by atoms with Crippen LogP contribution in [0.3, 0.4) is 0 Å². The van der Waals surface area contributed by atoms with Crippen LogP contribution in [-0.4, -0.2) is 43.3 Å². The number of ether oxygens (including phenoxy) is 2. The van der Waals surface area contributed by atoms with E-state index in [1.54, 1.807) is 0 Å². The number of anilines is 1. The Bertz CT molecular complexity index is 570. The van der Waals surface area contributed by atoms with Crippen molar-refractivity contribution in [2.45, 2.75) is 58.0 Å². The maximum absolute atomic E-state index is 12.4. The fourth-order valence-electron chi connectivity index (χ4n) is 3.90. The molecule has 0 spiro atoms. The summed E-state index contributed by atoms with van der Waals surface area (Å²) in [5.74, 6) is 1.23. The number of amides is 1. The van der Waals surface area contributed by atoms with Gasteiger partial charge >= 0.3 is 6.09 Å². The van der Waals surface area contributed by atoms with E-state index in [1.165, 1.54) is 25.7 Å². The minimum absolute atomic E-state index is 0.0177. The molecule has 0 unspecified atom stereocenters. The Morgan fingerprint density at radius 1 is 1.15 bits per heavy atom. The normalized spacial score (nSPS) is 24.3. The minimum atomic E-state index is -0.372. The molecule has 26 heavy (non-hydrogen) atoms. The summed E-state index contributed by atoms with van der Waals surface area (Å²) in [5.41, 5.74) is 0.687. The summed E-state index contributed by atoms with van der Waals surface area (Å²) in [6.07, 6.45) is 7.92. The van der Waals surface area contributed by atoms with Gasteiger partial charge in [-0.2, -0.15) is 0 Å². The van der Waals surface area contributed by atoms with Crippen molar-refractivity contribution in [2.24, 2.45) is 5.92 Å². The van der Waals surface area contributed by atoms with Crippen LogP contribution in [0.4, 0.5) is 10.5 Å². The molecule has 144 valence electrons. The average Bonchev–Trinajstić information content (AvgIpc) is 2.66. The number of benzene rings is 1. The topological polar surface area (TPSA) is 50.8 Å². The van der Waals surface area contributed by atoms with E-state index in [-0.39, 0.29) is 12.2 Å². The van der Waals surface area contributed by atoms with Crippen molar-refractivity contribution in [2.75, 3.05) is 31.6 Å². The number of unbranched alkanes of at least 4 members (excludes halogenated alkanes) is 4. The minimum Gasteiger partial charge on any atom is -0.491 e. The molecule has 5 heteroatoms. The van der Waals surface area contributed by atoms with Crippen LogP contribution >= 0.6 is 0 Å². The van der Waals surface area contributed by atoms with Gasteiger partial charge in [-0.25, -0.2) is 4.79 Å². The van der Waals surface area contributed by atoms with Crippen LogP contribution in [0.15, 0.2) is 24.3 Å². The monoisotopic (exact) mass is 360 g/mol. The van der Waals surface area contributed by atoms with Crippen LogP contribution < -0.4 is 10.1 Å². The van der Waals surface area contributed by atoms with Crippen LogP contribution in [0.25, 0.3) is 0 Å². The molecular formula is C21H32N2O3. The molecule has 1 amide bonds. The Labute approximate surface area is 157 Å². The van der Waals surface area contributed by atoms with E-state index in [2.05, 4.69) is 17.1 Å². The van der Waals surface area contributed by atoms with Crippen LogP contribution in [0.5, 0.6) is 5.75 Å². The van der Waals surface area contributed by atoms with Gasteiger partial charge in [-0.1, -0.05) is 44.7 Å². The maximum Gasteiger partial charge on any atom is 0.412 e. The molecule has 3 saturated heterocycles. The largest absolute Gasteiger partial charge is 0.491 e. The number of carbonyl (C=O) groups excluding carboxylic acids is 1. The molecule has 1 atom stereocenters. The molecule has 1 N–H and O–H groups in total. The summed E-state index contributed by atoms with van der Waals surface area (Å²) in [6, 6.07) is 7.59. The number of rotatable bonds is 9. The van der Waals surface area contributed by atoms with Crippen LogP contribution in [0.2, 0.25) is 0 Å². The van der Waals surface area contributed by atoms with Crippen molar-refractivity contribution >= 4 is 11.8 Å². The van der Waals surface area contributed by atoms with Crippen molar-refractivity contribution < 1.29 is 14.3 Å². The molecular weight excluding hydrogens is 328 g/mol. The van der Waals surface area contributed by atoms with Gasteiger partial charge in [0.05, 0.1) is 12.3 Å². The van der Waals surface area contributed by atoms with Crippen LogP contribution in [-0.2, 0) is 4.74 Å². The first-order valence-electron chi connectivity index (χ1n) is 10.2. The number of para-hydroxylation sites is 2. The Balaban J connectivity index is 1.45. The molecule has 3 aliphatic heterocycles. The number of piperidine rings is 3. The molecule has 3 fully saturated rings. The standard InChI is InChI=1S/C21H32N2O3/c1-2-3-4-5-8-15-25-19-10-7-6-9-18(19)22-21(24)26-20-16-23-13-11-17(20)12-14-23/h6-7,9-10,17,20H,2-5,8,11-16H2,1H3,(H,22,24)/t20-/m0/s1. The summed E-state index contributed by atoms with van der Waals surface area (Å²) in [4.78, 5) is 14.7. The molecule has 1 aromatic rings. The van der Waals surface area contributed by atoms with E-state index in [0.717, 1.165) is 38.9 Å². The lowest BCUT2D eigenvalue weighted by atomic mass is 9.86. The lowest BCUT2D eigenvalue weighted by Crippen LogP contribution is -2.52. The highest BCUT2D eigenvalue weighted by Crippen LogP contribution is 2.30. The van der Waals surface area contributed by atoms with Crippen molar-refractivity contribution in [3.8, 4) is 5.75 Å². The van der Waals surface area contributed by atoms with E-state index >= 15 is 0 Å². The van der Waals surface area contributed by atoms with Gasteiger partial charge in [-0.3, -0.25) is 10.2 Å². The van der Waals surface area contributed by atoms with Gasteiger partial charge in [0, 0.05) is 6.54 Å². The maximum atomic E-state index is 12.4. The van der Waals surface area contributed by atoms with Gasteiger partial charge in [0.2, 0.25) is 0 Å². The number of hydrogen-bond acceptors (Lipinski definition) is 4. The number of carbonyl (C=O) groups is 1. The van der Waals surface area contributed by atoms with E-state index in [9.17, 15) is 4.79 Å². The first-order valence-corrected chi connectivity index (χ1v) is 10.2. The van der Waals surface area contributed by atoms with E-state index in [0.29, 0.717) is 24.0 Å². The molecule has 3 heterocycles. The SMILES string of the molecule is CCCCCCCOc1ccccc1NC(=O)O[C@H]1CN2CCC1CC2. The zero-order valence-electron chi connectivity index (χ0n) is 15.9. The average molecular weight is 360 g/mol. The second kappa shape index (κ2) is 9.81. The van der Waals surface area contributed by atoms with Crippen molar-refractivity contribution in [1.82, 2.24) is 4.90 Å². The highest BCUT2D eigenvalue weighted by molar-refractivity contribution is 5.86. The number of nitrogens with zero attached hydrogens (tertiary/aromatic N) is 1. The zero-order valence-corrected chi connectivity index (χ0v) is 15.9.